The van der Waals surface area contributed by atoms with E-state index in [0.29, 0.717) is 12.8 Å². The van der Waals surface area contributed by atoms with E-state index in [1.165, 1.54) is 12.1 Å². The Bertz CT molecular complexity index is 1440. The number of ether oxygens (including phenoxy) is 1. The molecule has 0 amide bonds. The minimum absolute atomic E-state index is 0.0692. The normalized spacial score (nSPS) is 18.8. The predicted molar refractivity (Wildman–Crippen MR) is 143 cm³/mol. The quantitative estimate of drug-likeness (QED) is 0.282. The van der Waals surface area contributed by atoms with Gasteiger partial charge in [0.15, 0.2) is 11.6 Å². The van der Waals surface area contributed by atoms with E-state index in [-0.39, 0.29) is 24.4 Å². The first-order valence-electron chi connectivity index (χ1n) is 13.3. The molecule has 0 saturated heterocycles. The van der Waals surface area contributed by atoms with Gasteiger partial charge in [-0.05, 0) is 58.6 Å². The van der Waals surface area contributed by atoms with Crippen molar-refractivity contribution in [3.05, 3.63) is 54.5 Å². The summed E-state index contributed by atoms with van der Waals surface area (Å²) in [6, 6.07) is 5.46. The Kier molecular flexibility index (Phi) is 7.55. The van der Waals surface area contributed by atoms with Crippen molar-refractivity contribution in [2.75, 3.05) is 11.9 Å². The van der Waals surface area contributed by atoms with E-state index in [2.05, 4.69) is 15.4 Å². The SMILES string of the molecule is CCNc1cc2c(cn1)c(-c1cnn(C[C@H](O)C(C)(C)O)c1)nn2C1CCC(Oc2ccc(F)cc2F)CC1. The van der Waals surface area contributed by atoms with E-state index in [4.69, 9.17) is 9.84 Å². The largest absolute Gasteiger partial charge is 0.487 e. The van der Waals surface area contributed by atoms with Gasteiger partial charge in [0.25, 0.3) is 0 Å². The summed E-state index contributed by atoms with van der Waals surface area (Å²) in [7, 11) is 0. The second-order valence-electron chi connectivity index (χ2n) is 10.7. The first-order chi connectivity index (χ1) is 18.6. The molecule has 1 atom stereocenters. The number of halogens is 2. The lowest BCUT2D eigenvalue weighted by atomic mass is 9.93. The van der Waals surface area contributed by atoms with Gasteiger partial charge >= 0.3 is 0 Å². The summed E-state index contributed by atoms with van der Waals surface area (Å²) >= 11 is 0. The molecule has 3 N–H and O–H groups in total. The standard InChI is InChI=1S/C28H34F2N6O3/c1-4-31-26-12-23-21(14-32-26)27(17-13-33-35(15-17)16-25(37)28(2,3)38)34-36(23)19-6-8-20(9-7-19)39-24-10-5-18(29)11-22(24)30/h5,10-15,19-20,25,37-38H,4,6-9,16H2,1-3H3,(H,31,32)/t19?,20?,25-/m0/s1. The van der Waals surface area contributed by atoms with Crippen LogP contribution in [0.5, 0.6) is 5.75 Å². The number of benzene rings is 1. The molecule has 9 nitrogen and oxygen atoms in total. The first kappa shape index (κ1) is 27.0. The van der Waals surface area contributed by atoms with Crippen molar-refractivity contribution in [2.45, 2.75) is 76.9 Å². The molecule has 0 radical (unpaired) electrons. The Morgan fingerprint density at radius 3 is 2.62 bits per heavy atom. The summed E-state index contributed by atoms with van der Waals surface area (Å²) < 4.78 is 36.8. The zero-order valence-electron chi connectivity index (χ0n) is 22.3. The highest BCUT2D eigenvalue weighted by atomic mass is 19.1. The van der Waals surface area contributed by atoms with Gasteiger partial charge in [0.05, 0.1) is 36.0 Å². The van der Waals surface area contributed by atoms with E-state index in [0.717, 1.165) is 53.4 Å². The minimum Gasteiger partial charge on any atom is -0.487 e. The average molecular weight is 541 g/mol. The number of hydrogen-bond donors (Lipinski definition) is 3. The van der Waals surface area contributed by atoms with Crippen LogP contribution < -0.4 is 10.1 Å². The van der Waals surface area contributed by atoms with Crippen LogP contribution in [0.4, 0.5) is 14.6 Å². The molecule has 1 saturated carbocycles. The number of anilines is 1. The van der Waals surface area contributed by atoms with Gasteiger partial charge in [0.1, 0.15) is 23.4 Å². The number of pyridine rings is 1. The van der Waals surface area contributed by atoms with Gasteiger partial charge in [-0.25, -0.2) is 13.8 Å². The number of aliphatic hydroxyl groups excluding tert-OH is 1. The highest BCUT2D eigenvalue weighted by molar-refractivity contribution is 5.93. The van der Waals surface area contributed by atoms with Crippen molar-refractivity contribution in [1.29, 1.82) is 0 Å². The number of nitrogens with one attached hydrogen (secondary N) is 1. The Balaban J connectivity index is 1.39. The van der Waals surface area contributed by atoms with Crippen molar-refractivity contribution < 1.29 is 23.7 Å². The van der Waals surface area contributed by atoms with Crippen molar-refractivity contribution >= 4 is 16.7 Å². The molecule has 0 bridgehead atoms. The van der Waals surface area contributed by atoms with Crippen LogP contribution in [0.15, 0.2) is 42.9 Å². The van der Waals surface area contributed by atoms with Crippen LogP contribution in [0.25, 0.3) is 22.2 Å². The number of aromatic nitrogens is 5. The summed E-state index contributed by atoms with van der Waals surface area (Å²) in [5.74, 6) is -0.501. The summed E-state index contributed by atoms with van der Waals surface area (Å²) in [5, 5.41) is 33.9. The molecule has 1 aromatic carbocycles. The van der Waals surface area contributed by atoms with Gasteiger partial charge < -0.3 is 20.3 Å². The highest BCUT2D eigenvalue weighted by Gasteiger charge is 2.28. The van der Waals surface area contributed by atoms with Gasteiger partial charge in [0.2, 0.25) is 0 Å². The van der Waals surface area contributed by atoms with Crippen LogP contribution in [-0.4, -0.2) is 59.1 Å². The maximum Gasteiger partial charge on any atom is 0.167 e. The van der Waals surface area contributed by atoms with E-state index < -0.39 is 23.3 Å². The van der Waals surface area contributed by atoms with Crippen LogP contribution in [0.2, 0.25) is 0 Å². The molecule has 208 valence electrons. The Morgan fingerprint density at radius 1 is 1.15 bits per heavy atom. The van der Waals surface area contributed by atoms with Crippen LogP contribution in [0.1, 0.15) is 52.5 Å². The Morgan fingerprint density at radius 2 is 1.92 bits per heavy atom. The fourth-order valence-corrected chi connectivity index (χ4v) is 4.95. The molecule has 0 unspecified atom stereocenters. The van der Waals surface area contributed by atoms with Gasteiger partial charge in [-0.2, -0.15) is 10.2 Å². The average Bonchev–Trinajstić information content (AvgIpc) is 3.50. The molecule has 0 aliphatic heterocycles. The molecule has 1 fully saturated rings. The van der Waals surface area contributed by atoms with Crippen LogP contribution in [0, 0.1) is 11.6 Å². The summed E-state index contributed by atoms with van der Waals surface area (Å²) in [5.41, 5.74) is 1.20. The molecule has 3 aromatic heterocycles. The predicted octanol–water partition coefficient (Wildman–Crippen LogP) is 4.70. The number of fused-ring (bicyclic) bond motifs is 1. The molecular formula is C28H34F2N6O3. The highest BCUT2D eigenvalue weighted by Crippen LogP contribution is 2.37. The number of nitrogens with zero attached hydrogens (tertiary/aromatic N) is 5. The summed E-state index contributed by atoms with van der Waals surface area (Å²) in [6.45, 7) is 6.00. The number of aliphatic hydroxyl groups is 2. The smallest absolute Gasteiger partial charge is 0.167 e. The molecular weight excluding hydrogens is 506 g/mol. The number of rotatable bonds is 9. The first-order valence-corrected chi connectivity index (χ1v) is 13.3. The topological polar surface area (TPSA) is 110 Å². The van der Waals surface area contributed by atoms with Crippen LogP contribution in [-0.2, 0) is 6.54 Å². The second-order valence-corrected chi connectivity index (χ2v) is 10.7. The summed E-state index contributed by atoms with van der Waals surface area (Å²) in [6.07, 6.45) is 7.13. The van der Waals surface area contributed by atoms with Crippen molar-refractivity contribution in [3.63, 3.8) is 0 Å². The van der Waals surface area contributed by atoms with Crippen molar-refractivity contribution in [2.24, 2.45) is 0 Å². The van der Waals surface area contributed by atoms with E-state index in [9.17, 15) is 19.0 Å². The third-order valence-corrected chi connectivity index (χ3v) is 7.21. The fourth-order valence-electron chi connectivity index (χ4n) is 4.95. The monoisotopic (exact) mass is 540 g/mol. The molecule has 4 aromatic rings. The van der Waals surface area contributed by atoms with E-state index in [1.807, 2.05) is 17.7 Å². The lowest BCUT2D eigenvalue weighted by molar-refractivity contribution is -0.0566. The van der Waals surface area contributed by atoms with E-state index >= 15 is 0 Å². The zero-order chi connectivity index (χ0) is 27.7. The summed E-state index contributed by atoms with van der Waals surface area (Å²) in [4.78, 5) is 4.56. The zero-order valence-corrected chi connectivity index (χ0v) is 22.3. The van der Waals surface area contributed by atoms with Crippen molar-refractivity contribution in [1.82, 2.24) is 24.5 Å². The molecule has 39 heavy (non-hydrogen) atoms. The van der Waals surface area contributed by atoms with Gasteiger partial charge in [-0.15, -0.1) is 0 Å². The number of hydrogen-bond acceptors (Lipinski definition) is 7. The Hall–Kier alpha value is -3.57. The molecule has 0 spiro atoms. The molecule has 5 rings (SSSR count). The van der Waals surface area contributed by atoms with E-state index in [1.54, 1.807) is 37.1 Å². The molecule has 1 aliphatic carbocycles. The molecule has 1 aliphatic rings. The third kappa shape index (κ3) is 5.89. The minimum atomic E-state index is -1.25. The van der Waals surface area contributed by atoms with Crippen LogP contribution in [0.3, 0.4) is 0 Å². The van der Waals surface area contributed by atoms with Gasteiger partial charge in [-0.1, -0.05) is 0 Å². The second kappa shape index (κ2) is 10.9. The maximum atomic E-state index is 14.1. The third-order valence-electron chi connectivity index (χ3n) is 7.21. The molecule has 11 heteroatoms. The van der Waals surface area contributed by atoms with Gasteiger partial charge in [-0.3, -0.25) is 9.36 Å². The maximum absolute atomic E-state index is 14.1. The molecule has 3 heterocycles. The Labute approximate surface area is 225 Å². The fraction of sp³-hybridized carbons (Fsp3) is 0.464. The lowest BCUT2D eigenvalue weighted by Crippen LogP contribution is -2.39. The van der Waals surface area contributed by atoms with Crippen molar-refractivity contribution in [3.8, 4) is 17.0 Å². The van der Waals surface area contributed by atoms with Crippen LogP contribution >= 0.6 is 0 Å². The lowest BCUT2D eigenvalue weighted by Gasteiger charge is -2.29. The van der Waals surface area contributed by atoms with Gasteiger partial charge in [0, 0.05) is 42.0 Å².